The summed E-state index contributed by atoms with van der Waals surface area (Å²) in [6.45, 7) is 0.360. The van der Waals surface area contributed by atoms with Gasteiger partial charge in [-0.25, -0.2) is 0 Å². The summed E-state index contributed by atoms with van der Waals surface area (Å²) in [4.78, 5) is 10.3. The maximum absolute atomic E-state index is 10.3. The molecule has 1 aliphatic heterocycles. The summed E-state index contributed by atoms with van der Waals surface area (Å²) in [5, 5.41) is 2.98. The first-order valence-corrected chi connectivity index (χ1v) is 2.31. The van der Waals surface area contributed by atoms with Crippen molar-refractivity contribution in [3.05, 3.63) is 11.2 Å². The minimum atomic E-state index is -0.0262. The summed E-state index contributed by atoms with van der Waals surface area (Å²) in [7, 11) is 0. The molecule has 1 N–H and O–H groups in total. The molecule has 0 saturated carbocycles. The second-order valence-corrected chi connectivity index (χ2v) is 1.70. The monoisotopic (exact) mass is 117 g/mol. The highest BCUT2D eigenvalue weighted by Crippen LogP contribution is 2.04. The second-order valence-electron chi connectivity index (χ2n) is 1.30. The predicted molar refractivity (Wildman–Crippen MR) is 26.9 cm³/mol. The van der Waals surface area contributed by atoms with E-state index < -0.39 is 0 Å². The van der Waals surface area contributed by atoms with Gasteiger partial charge in [-0.3, -0.25) is 4.79 Å². The second kappa shape index (κ2) is 1.54. The number of nitrogens with one attached hydrogen (secondary N) is 1. The van der Waals surface area contributed by atoms with Crippen molar-refractivity contribution in [3.63, 3.8) is 0 Å². The third kappa shape index (κ3) is 0.747. The van der Waals surface area contributed by atoms with Crippen LogP contribution >= 0.6 is 11.6 Å². The Balaban J connectivity index is 2.72. The summed E-state index contributed by atoms with van der Waals surface area (Å²) < 4.78 is 0. The van der Waals surface area contributed by atoms with Gasteiger partial charge in [0.25, 0.3) is 0 Å². The van der Waals surface area contributed by atoms with Crippen LogP contribution in [0.3, 0.4) is 0 Å². The zero-order valence-corrected chi connectivity index (χ0v) is 4.33. The number of rotatable bonds is 0. The van der Waals surface area contributed by atoms with Crippen LogP contribution in [0.1, 0.15) is 0 Å². The number of carbonyl (C=O) groups is 1. The molecule has 1 rings (SSSR count). The van der Waals surface area contributed by atoms with Crippen molar-refractivity contribution < 1.29 is 4.79 Å². The standard InChI is InChI=1S/C4H4ClNO/c5-3-1-6-2-4(3)7/h1,6H,2H2. The highest BCUT2D eigenvalue weighted by molar-refractivity contribution is 6.43. The van der Waals surface area contributed by atoms with Crippen LogP contribution < -0.4 is 5.32 Å². The van der Waals surface area contributed by atoms with Gasteiger partial charge in [-0.2, -0.15) is 0 Å². The summed E-state index contributed by atoms with van der Waals surface area (Å²) in [6.07, 6.45) is 1.50. The van der Waals surface area contributed by atoms with E-state index in [2.05, 4.69) is 5.32 Å². The molecule has 38 valence electrons. The molecule has 7 heavy (non-hydrogen) atoms. The Bertz CT molecular complexity index is 130. The average molecular weight is 118 g/mol. The number of ketones is 1. The van der Waals surface area contributed by atoms with Gasteiger partial charge >= 0.3 is 0 Å². The third-order valence-corrected chi connectivity index (χ3v) is 1.08. The molecule has 0 aliphatic carbocycles. The van der Waals surface area contributed by atoms with E-state index in [-0.39, 0.29) is 5.78 Å². The quantitative estimate of drug-likeness (QED) is 0.493. The van der Waals surface area contributed by atoms with Crippen molar-refractivity contribution in [2.75, 3.05) is 6.54 Å². The van der Waals surface area contributed by atoms with Crippen LogP contribution in [0.2, 0.25) is 0 Å². The normalized spacial score (nSPS) is 19.0. The molecule has 1 heterocycles. The largest absolute Gasteiger partial charge is 0.382 e. The molecule has 0 saturated heterocycles. The van der Waals surface area contributed by atoms with Crippen molar-refractivity contribution in [3.8, 4) is 0 Å². The van der Waals surface area contributed by atoms with Gasteiger partial charge in [-0.05, 0) is 0 Å². The molecular weight excluding hydrogens is 114 g/mol. The fraction of sp³-hybridized carbons (Fsp3) is 0.250. The first-order chi connectivity index (χ1) is 3.30. The van der Waals surface area contributed by atoms with Crippen LogP contribution in [-0.2, 0) is 4.79 Å². The van der Waals surface area contributed by atoms with Gasteiger partial charge in [0.05, 0.1) is 6.54 Å². The molecule has 0 radical (unpaired) electrons. The fourth-order valence-electron chi connectivity index (χ4n) is 0.398. The first-order valence-electron chi connectivity index (χ1n) is 1.93. The van der Waals surface area contributed by atoms with Crippen LogP contribution in [0.5, 0.6) is 0 Å². The van der Waals surface area contributed by atoms with E-state index in [1.165, 1.54) is 6.20 Å². The van der Waals surface area contributed by atoms with Crippen molar-refractivity contribution in [2.45, 2.75) is 0 Å². The summed E-state index contributed by atoms with van der Waals surface area (Å²) in [5.41, 5.74) is 0. The number of hydrogen-bond acceptors (Lipinski definition) is 2. The van der Waals surface area contributed by atoms with Crippen LogP contribution in [0, 0.1) is 0 Å². The summed E-state index contributed by atoms with van der Waals surface area (Å²) in [6, 6.07) is 0. The Labute approximate surface area is 46.2 Å². The van der Waals surface area contributed by atoms with Gasteiger partial charge in [0.1, 0.15) is 5.03 Å². The highest BCUT2D eigenvalue weighted by Gasteiger charge is 2.09. The molecule has 0 unspecified atom stereocenters. The number of carbonyl (C=O) groups excluding carboxylic acids is 1. The van der Waals surface area contributed by atoms with Crippen molar-refractivity contribution >= 4 is 17.4 Å². The molecule has 0 aromatic heterocycles. The van der Waals surface area contributed by atoms with E-state index in [0.29, 0.717) is 11.6 Å². The molecule has 1 aliphatic rings. The van der Waals surface area contributed by atoms with E-state index >= 15 is 0 Å². The lowest BCUT2D eigenvalue weighted by Gasteiger charge is -1.79. The molecule has 3 heteroatoms. The van der Waals surface area contributed by atoms with E-state index in [9.17, 15) is 4.79 Å². The SMILES string of the molecule is O=C1CNC=C1Cl. The highest BCUT2D eigenvalue weighted by atomic mass is 35.5. The average Bonchev–Trinajstić information content (AvgIpc) is 1.91. The fourth-order valence-corrected chi connectivity index (χ4v) is 0.542. The predicted octanol–water partition coefficient (Wildman–Crippen LogP) is 0.239. The topological polar surface area (TPSA) is 29.1 Å². The van der Waals surface area contributed by atoms with Crippen LogP contribution in [0.15, 0.2) is 11.2 Å². The third-order valence-electron chi connectivity index (χ3n) is 0.758. The summed E-state index contributed by atoms with van der Waals surface area (Å²) in [5.74, 6) is -0.0262. The molecule has 0 amide bonds. The number of Topliss-reactive ketones (excluding diaryl/α,β-unsaturated/α-hetero) is 1. The van der Waals surface area contributed by atoms with Gasteiger partial charge < -0.3 is 5.32 Å². The molecule has 0 aromatic rings. The molecular formula is C4H4ClNO. The minimum Gasteiger partial charge on any atom is -0.382 e. The van der Waals surface area contributed by atoms with Gasteiger partial charge in [0.2, 0.25) is 0 Å². The molecule has 2 nitrogen and oxygen atoms in total. The molecule has 0 fully saturated rings. The van der Waals surface area contributed by atoms with Gasteiger partial charge in [0, 0.05) is 6.20 Å². The smallest absolute Gasteiger partial charge is 0.194 e. The Morgan fingerprint density at radius 1 is 1.86 bits per heavy atom. The molecule has 0 atom stereocenters. The van der Waals surface area contributed by atoms with E-state index in [0.717, 1.165) is 0 Å². The lowest BCUT2D eigenvalue weighted by Crippen LogP contribution is -2.07. The number of hydrogen-bond donors (Lipinski definition) is 1. The van der Waals surface area contributed by atoms with Crippen LogP contribution in [0.25, 0.3) is 0 Å². The maximum atomic E-state index is 10.3. The Morgan fingerprint density at radius 2 is 2.57 bits per heavy atom. The van der Waals surface area contributed by atoms with Gasteiger partial charge in [0.15, 0.2) is 5.78 Å². The zero-order chi connectivity index (χ0) is 5.28. The van der Waals surface area contributed by atoms with Crippen molar-refractivity contribution in [2.24, 2.45) is 0 Å². The summed E-state index contributed by atoms with van der Waals surface area (Å²) >= 11 is 5.31. The first kappa shape index (κ1) is 4.65. The molecule has 0 bridgehead atoms. The van der Waals surface area contributed by atoms with Crippen molar-refractivity contribution in [1.29, 1.82) is 0 Å². The Morgan fingerprint density at radius 3 is 2.71 bits per heavy atom. The van der Waals surface area contributed by atoms with Gasteiger partial charge in [-0.1, -0.05) is 11.6 Å². The van der Waals surface area contributed by atoms with Gasteiger partial charge in [-0.15, -0.1) is 0 Å². The minimum absolute atomic E-state index is 0.0262. The zero-order valence-electron chi connectivity index (χ0n) is 3.57. The Kier molecular flexibility index (Phi) is 1.02. The lowest BCUT2D eigenvalue weighted by atomic mass is 10.4. The Hall–Kier alpha value is -0.500. The van der Waals surface area contributed by atoms with E-state index in [1.54, 1.807) is 0 Å². The van der Waals surface area contributed by atoms with Crippen molar-refractivity contribution in [1.82, 2.24) is 5.32 Å². The van der Waals surface area contributed by atoms with Crippen LogP contribution in [0.4, 0.5) is 0 Å². The van der Waals surface area contributed by atoms with E-state index in [4.69, 9.17) is 11.6 Å². The molecule has 0 aromatic carbocycles. The van der Waals surface area contributed by atoms with Crippen LogP contribution in [-0.4, -0.2) is 12.3 Å². The van der Waals surface area contributed by atoms with E-state index in [1.807, 2.05) is 0 Å². The number of halogens is 1. The molecule has 0 spiro atoms. The lowest BCUT2D eigenvalue weighted by molar-refractivity contribution is -0.113. The maximum Gasteiger partial charge on any atom is 0.194 e.